The average Bonchev–Trinajstić information content (AvgIpc) is 2.41. The van der Waals surface area contributed by atoms with Gasteiger partial charge in [0.05, 0.1) is 16.7 Å². The van der Waals surface area contributed by atoms with E-state index in [1.54, 1.807) is 12.1 Å². The molecular weight excluding hydrogens is 276 g/mol. The van der Waals surface area contributed by atoms with Gasteiger partial charge in [-0.05, 0) is 50.3 Å². The van der Waals surface area contributed by atoms with Gasteiger partial charge in [-0.1, -0.05) is 17.7 Å². The number of carbonyl (C=O) groups excluding carboxylic acids is 1. The van der Waals surface area contributed by atoms with Crippen molar-refractivity contribution >= 4 is 17.5 Å². The molecule has 110 valence electrons. The van der Waals surface area contributed by atoms with Crippen molar-refractivity contribution in [3.8, 4) is 0 Å². The lowest BCUT2D eigenvalue weighted by atomic mass is 9.93. The summed E-state index contributed by atoms with van der Waals surface area (Å²) in [6.45, 7) is 1.87. The number of nitrogens with two attached hydrogens (primary N) is 1. The summed E-state index contributed by atoms with van der Waals surface area (Å²) in [5.41, 5.74) is 7.17. The third kappa shape index (κ3) is 3.72. The summed E-state index contributed by atoms with van der Waals surface area (Å²) in [4.78, 5) is 12.2. The summed E-state index contributed by atoms with van der Waals surface area (Å²) in [6, 6.07) is 5.30. The van der Waals surface area contributed by atoms with Gasteiger partial charge in [-0.25, -0.2) is 0 Å². The largest absolute Gasteiger partial charge is 0.393 e. The van der Waals surface area contributed by atoms with Gasteiger partial charge < -0.3 is 16.2 Å². The van der Waals surface area contributed by atoms with E-state index >= 15 is 0 Å². The molecule has 0 heterocycles. The Hall–Kier alpha value is -1.10. The zero-order valence-electron chi connectivity index (χ0n) is 11.6. The minimum absolute atomic E-state index is 0.107. The second-order valence-electron chi connectivity index (χ2n) is 5.51. The van der Waals surface area contributed by atoms with E-state index in [1.807, 2.05) is 13.0 Å². The van der Waals surface area contributed by atoms with Crippen molar-refractivity contribution in [2.75, 3.05) is 0 Å². The Morgan fingerprint density at radius 3 is 2.60 bits per heavy atom. The molecule has 5 heteroatoms. The van der Waals surface area contributed by atoms with Gasteiger partial charge in [0.2, 0.25) is 0 Å². The first-order valence-corrected chi connectivity index (χ1v) is 7.39. The lowest BCUT2D eigenvalue weighted by Crippen LogP contribution is -2.38. The number of benzene rings is 1. The van der Waals surface area contributed by atoms with Gasteiger partial charge in [-0.3, -0.25) is 4.79 Å². The first-order chi connectivity index (χ1) is 9.47. The fourth-order valence-corrected chi connectivity index (χ4v) is 2.76. The van der Waals surface area contributed by atoms with Crippen LogP contribution < -0.4 is 11.1 Å². The molecule has 1 aromatic carbocycles. The standard InChI is InChI=1S/C15H21ClN2O2/c1-9(17)10-2-7-13(14(16)8-10)15(20)18-11-3-5-12(19)6-4-11/h2,7-9,11-12,19H,3-6,17H2,1H3,(H,18,20)/t9-,11-,12-/m0/s1. The van der Waals surface area contributed by atoms with Crippen molar-refractivity contribution in [2.24, 2.45) is 5.73 Å². The maximum absolute atomic E-state index is 12.2. The van der Waals surface area contributed by atoms with Crippen molar-refractivity contribution in [1.82, 2.24) is 5.32 Å². The molecule has 0 saturated heterocycles. The number of aliphatic hydroxyl groups excluding tert-OH is 1. The van der Waals surface area contributed by atoms with Crippen LogP contribution in [0.2, 0.25) is 5.02 Å². The van der Waals surface area contributed by atoms with Gasteiger partial charge in [0, 0.05) is 12.1 Å². The summed E-state index contributed by atoms with van der Waals surface area (Å²) in [5.74, 6) is -0.160. The number of hydrogen-bond acceptors (Lipinski definition) is 3. The van der Waals surface area contributed by atoms with Gasteiger partial charge in [0.15, 0.2) is 0 Å². The van der Waals surface area contributed by atoms with Crippen LogP contribution in [0.1, 0.15) is 54.6 Å². The van der Waals surface area contributed by atoms with Crippen molar-refractivity contribution < 1.29 is 9.90 Å². The first-order valence-electron chi connectivity index (χ1n) is 7.01. The van der Waals surface area contributed by atoms with E-state index in [9.17, 15) is 9.90 Å². The predicted molar refractivity (Wildman–Crippen MR) is 79.8 cm³/mol. The Morgan fingerprint density at radius 1 is 1.40 bits per heavy atom. The molecule has 1 saturated carbocycles. The fraction of sp³-hybridized carbons (Fsp3) is 0.533. The molecule has 1 aromatic rings. The fourth-order valence-electron chi connectivity index (χ4n) is 2.48. The highest BCUT2D eigenvalue weighted by atomic mass is 35.5. The van der Waals surface area contributed by atoms with Gasteiger partial charge in [-0.2, -0.15) is 0 Å². The molecule has 1 aliphatic rings. The monoisotopic (exact) mass is 296 g/mol. The van der Waals surface area contributed by atoms with Crippen LogP contribution in [0.5, 0.6) is 0 Å². The van der Waals surface area contributed by atoms with Crippen molar-refractivity contribution in [3.63, 3.8) is 0 Å². The average molecular weight is 297 g/mol. The lowest BCUT2D eigenvalue weighted by Gasteiger charge is -2.26. The Labute approximate surface area is 124 Å². The molecule has 0 spiro atoms. The number of rotatable bonds is 3. The molecule has 1 aliphatic carbocycles. The van der Waals surface area contributed by atoms with Crippen LogP contribution in [0.15, 0.2) is 18.2 Å². The highest BCUT2D eigenvalue weighted by Crippen LogP contribution is 2.23. The van der Waals surface area contributed by atoms with Gasteiger partial charge >= 0.3 is 0 Å². The van der Waals surface area contributed by atoms with Crippen LogP contribution in [-0.2, 0) is 0 Å². The summed E-state index contributed by atoms with van der Waals surface area (Å²) in [7, 11) is 0. The Morgan fingerprint density at radius 2 is 2.05 bits per heavy atom. The van der Waals surface area contributed by atoms with Gasteiger partial charge in [-0.15, -0.1) is 0 Å². The van der Waals surface area contributed by atoms with E-state index in [0.717, 1.165) is 31.2 Å². The predicted octanol–water partition coefficient (Wildman–Crippen LogP) is 2.39. The van der Waals surface area contributed by atoms with E-state index in [1.165, 1.54) is 0 Å². The molecule has 0 aliphatic heterocycles. The molecule has 4 N–H and O–H groups in total. The molecular formula is C15H21ClN2O2. The normalized spacial score (nSPS) is 24.2. The minimum atomic E-state index is -0.225. The molecule has 20 heavy (non-hydrogen) atoms. The van der Waals surface area contributed by atoms with Crippen molar-refractivity contribution in [3.05, 3.63) is 34.3 Å². The van der Waals surface area contributed by atoms with Crippen LogP contribution >= 0.6 is 11.6 Å². The molecule has 0 unspecified atom stereocenters. The van der Waals surface area contributed by atoms with E-state index < -0.39 is 0 Å². The third-order valence-electron chi connectivity index (χ3n) is 3.80. The quantitative estimate of drug-likeness (QED) is 0.802. The molecule has 1 atom stereocenters. The van der Waals surface area contributed by atoms with Crippen LogP contribution in [-0.4, -0.2) is 23.2 Å². The highest BCUT2D eigenvalue weighted by Gasteiger charge is 2.22. The smallest absolute Gasteiger partial charge is 0.253 e. The Balaban J connectivity index is 2.02. The molecule has 0 radical (unpaired) electrons. The van der Waals surface area contributed by atoms with Crippen LogP contribution in [0, 0.1) is 0 Å². The number of nitrogens with one attached hydrogen (secondary N) is 1. The molecule has 4 nitrogen and oxygen atoms in total. The molecule has 0 aromatic heterocycles. The summed E-state index contributed by atoms with van der Waals surface area (Å²) in [6.07, 6.45) is 2.87. The van der Waals surface area contributed by atoms with Gasteiger partial charge in [0.25, 0.3) is 5.91 Å². The summed E-state index contributed by atoms with van der Waals surface area (Å²) >= 11 is 6.15. The Bertz CT molecular complexity index is 483. The summed E-state index contributed by atoms with van der Waals surface area (Å²) < 4.78 is 0. The van der Waals surface area contributed by atoms with Crippen molar-refractivity contribution in [1.29, 1.82) is 0 Å². The topological polar surface area (TPSA) is 75.4 Å². The van der Waals surface area contributed by atoms with Gasteiger partial charge in [0.1, 0.15) is 0 Å². The zero-order chi connectivity index (χ0) is 14.7. The third-order valence-corrected chi connectivity index (χ3v) is 4.11. The second kappa shape index (κ2) is 6.57. The minimum Gasteiger partial charge on any atom is -0.393 e. The maximum Gasteiger partial charge on any atom is 0.253 e. The van der Waals surface area contributed by atoms with Crippen LogP contribution in [0.4, 0.5) is 0 Å². The van der Waals surface area contributed by atoms with Crippen LogP contribution in [0.3, 0.4) is 0 Å². The lowest BCUT2D eigenvalue weighted by molar-refractivity contribution is 0.0868. The number of amides is 1. The molecule has 0 bridgehead atoms. The van der Waals surface area contributed by atoms with Crippen molar-refractivity contribution in [2.45, 2.75) is 50.8 Å². The summed E-state index contributed by atoms with van der Waals surface area (Å²) in [5, 5.41) is 12.9. The van der Waals surface area contributed by atoms with E-state index in [0.29, 0.717) is 10.6 Å². The zero-order valence-corrected chi connectivity index (χ0v) is 12.4. The Kier molecular flexibility index (Phi) is 5.02. The van der Waals surface area contributed by atoms with Crippen LogP contribution in [0.25, 0.3) is 0 Å². The number of aliphatic hydroxyl groups is 1. The number of carbonyl (C=O) groups is 1. The maximum atomic E-state index is 12.2. The molecule has 1 fully saturated rings. The van der Waals surface area contributed by atoms with E-state index in [4.69, 9.17) is 17.3 Å². The SMILES string of the molecule is C[C@H](N)c1ccc(C(=O)N[C@H]2CC[C@H](O)CC2)c(Cl)c1. The molecule has 2 rings (SSSR count). The molecule has 1 amide bonds. The number of hydrogen-bond donors (Lipinski definition) is 3. The first kappa shape index (κ1) is 15.3. The number of halogens is 1. The highest BCUT2D eigenvalue weighted by molar-refractivity contribution is 6.33. The van der Waals surface area contributed by atoms with E-state index in [-0.39, 0.29) is 24.1 Å². The second-order valence-corrected chi connectivity index (χ2v) is 5.91. The van der Waals surface area contributed by atoms with E-state index in [2.05, 4.69) is 5.32 Å².